The highest BCUT2D eigenvalue weighted by Crippen LogP contribution is 2.25. The number of rotatable bonds is 2. The van der Waals surface area contributed by atoms with Crippen LogP contribution >= 0.6 is 0 Å². The van der Waals surface area contributed by atoms with Crippen LogP contribution in [0.1, 0.15) is 60.8 Å². The molecule has 0 saturated carbocycles. The van der Waals surface area contributed by atoms with Crippen molar-refractivity contribution in [2.24, 2.45) is 5.92 Å². The van der Waals surface area contributed by atoms with Gasteiger partial charge in [0.25, 0.3) is 0 Å². The fraction of sp³-hybridized carbons (Fsp3) is 0.923. The third-order valence-electron chi connectivity index (χ3n) is 2.23. The Morgan fingerprint density at radius 3 is 2.06 bits per heavy atom. The SMILES string of the molecule is CC.CC.C[C@H]1C[C@@H](CC(=O)O)O[C@@H](C)C1. The predicted molar refractivity (Wildman–Crippen MR) is 67.7 cm³/mol. The van der Waals surface area contributed by atoms with Gasteiger partial charge in [-0.3, -0.25) is 4.79 Å². The summed E-state index contributed by atoms with van der Waals surface area (Å²) in [5.74, 6) is -0.167. The van der Waals surface area contributed by atoms with Gasteiger partial charge in [0.2, 0.25) is 0 Å². The lowest BCUT2D eigenvalue weighted by molar-refractivity contribution is -0.143. The molecular formula is C13H28O3. The first-order valence-corrected chi connectivity index (χ1v) is 6.45. The molecular weight excluding hydrogens is 204 g/mol. The van der Waals surface area contributed by atoms with E-state index < -0.39 is 5.97 Å². The van der Waals surface area contributed by atoms with Crippen LogP contribution < -0.4 is 0 Å². The van der Waals surface area contributed by atoms with Crippen molar-refractivity contribution in [2.75, 3.05) is 0 Å². The molecule has 0 amide bonds. The van der Waals surface area contributed by atoms with Crippen molar-refractivity contribution >= 4 is 5.97 Å². The third-order valence-corrected chi connectivity index (χ3v) is 2.23. The number of hydrogen-bond acceptors (Lipinski definition) is 2. The predicted octanol–water partition coefficient (Wildman–Crippen LogP) is 3.72. The van der Waals surface area contributed by atoms with Crippen LogP contribution in [0, 0.1) is 5.92 Å². The second-order valence-corrected chi connectivity index (χ2v) is 3.74. The minimum Gasteiger partial charge on any atom is -0.481 e. The largest absolute Gasteiger partial charge is 0.481 e. The summed E-state index contributed by atoms with van der Waals surface area (Å²) < 4.78 is 5.49. The molecule has 0 aromatic carbocycles. The average Bonchev–Trinajstić information content (AvgIpc) is 2.21. The summed E-state index contributed by atoms with van der Waals surface area (Å²) in [4.78, 5) is 10.4. The third kappa shape index (κ3) is 8.72. The molecule has 1 aliphatic rings. The summed E-state index contributed by atoms with van der Waals surface area (Å²) in [6, 6.07) is 0. The summed E-state index contributed by atoms with van der Waals surface area (Å²) >= 11 is 0. The van der Waals surface area contributed by atoms with Gasteiger partial charge in [0.15, 0.2) is 0 Å². The van der Waals surface area contributed by atoms with Crippen LogP contribution in [0.4, 0.5) is 0 Å². The number of carboxylic acids is 1. The molecule has 3 nitrogen and oxygen atoms in total. The monoisotopic (exact) mass is 232 g/mol. The van der Waals surface area contributed by atoms with Gasteiger partial charge in [0.05, 0.1) is 18.6 Å². The summed E-state index contributed by atoms with van der Waals surface area (Å²) in [5, 5.41) is 8.56. The molecule has 1 aliphatic heterocycles. The van der Waals surface area contributed by atoms with Crippen LogP contribution in [0.25, 0.3) is 0 Å². The van der Waals surface area contributed by atoms with Gasteiger partial charge in [0.1, 0.15) is 0 Å². The fourth-order valence-corrected chi connectivity index (χ4v) is 1.88. The van der Waals surface area contributed by atoms with Crippen molar-refractivity contribution in [1.29, 1.82) is 0 Å². The molecule has 0 spiro atoms. The first kappa shape index (κ1) is 17.8. The minimum atomic E-state index is -0.763. The van der Waals surface area contributed by atoms with E-state index in [0.29, 0.717) is 5.92 Å². The lowest BCUT2D eigenvalue weighted by Gasteiger charge is -2.31. The van der Waals surface area contributed by atoms with Crippen LogP contribution in [0.15, 0.2) is 0 Å². The lowest BCUT2D eigenvalue weighted by atomic mass is 9.93. The summed E-state index contributed by atoms with van der Waals surface area (Å²) in [7, 11) is 0. The molecule has 0 aliphatic carbocycles. The molecule has 0 aromatic heterocycles. The number of ether oxygens (including phenoxy) is 1. The number of hydrogen-bond donors (Lipinski definition) is 1. The van der Waals surface area contributed by atoms with E-state index in [9.17, 15) is 4.79 Å². The van der Waals surface area contributed by atoms with Gasteiger partial charge < -0.3 is 9.84 Å². The first-order valence-electron chi connectivity index (χ1n) is 6.45. The molecule has 3 atom stereocenters. The highest BCUT2D eigenvalue weighted by Gasteiger charge is 2.25. The Hall–Kier alpha value is -0.570. The zero-order valence-electron chi connectivity index (χ0n) is 11.6. The molecule has 98 valence electrons. The molecule has 1 rings (SSSR count). The molecule has 0 aromatic rings. The quantitative estimate of drug-likeness (QED) is 0.789. The second-order valence-electron chi connectivity index (χ2n) is 3.74. The molecule has 0 bridgehead atoms. The fourth-order valence-electron chi connectivity index (χ4n) is 1.88. The van der Waals surface area contributed by atoms with Crippen LogP contribution in [0.2, 0.25) is 0 Å². The number of aliphatic carboxylic acids is 1. The minimum absolute atomic E-state index is 0.0683. The van der Waals surface area contributed by atoms with Gasteiger partial charge in [-0.1, -0.05) is 34.6 Å². The van der Waals surface area contributed by atoms with Gasteiger partial charge in [-0.05, 0) is 25.7 Å². The Kier molecular flexibility index (Phi) is 12.2. The van der Waals surface area contributed by atoms with E-state index in [1.54, 1.807) is 0 Å². The second kappa shape index (κ2) is 10.9. The van der Waals surface area contributed by atoms with Crippen LogP contribution in [0.5, 0.6) is 0 Å². The van der Waals surface area contributed by atoms with E-state index >= 15 is 0 Å². The number of carbonyl (C=O) groups is 1. The van der Waals surface area contributed by atoms with Gasteiger partial charge in [-0.25, -0.2) is 0 Å². The van der Waals surface area contributed by atoms with Crippen LogP contribution in [0.3, 0.4) is 0 Å². The van der Waals surface area contributed by atoms with Crippen molar-refractivity contribution in [3.05, 3.63) is 0 Å². The lowest BCUT2D eigenvalue weighted by Crippen LogP contribution is -2.31. The van der Waals surface area contributed by atoms with E-state index in [2.05, 4.69) is 6.92 Å². The van der Waals surface area contributed by atoms with Gasteiger partial charge in [-0.15, -0.1) is 0 Å². The molecule has 1 N–H and O–H groups in total. The highest BCUT2D eigenvalue weighted by atomic mass is 16.5. The van der Waals surface area contributed by atoms with Crippen LogP contribution in [-0.4, -0.2) is 23.3 Å². The Morgan fingerprint density at radius 2 is 1.69 bits per heavy atom. The van der Waals surface area contributed by atoms with Crippen molar-refractivity contribution in [1.82, 2.24) is 0 Å². The zero-order valence-corrected chi connectivity index (χ0v) is 11.6. The molecule has 1 saturated heterocycles. The highest BCUT2D eigenvalue weighted by molar-refractivity contribution is 5.67. The van der Waals surface area contributed by atoms with E-state index in [0.717, 1.165) is 12.8 Å². The Labute approximate surface area is 100 Å². The molecule has 3 heteroatoms. The van der Waals surface area contributed by atoms with Gasteiger partial charge >= 0.3 is 5.97 Å². The summed E-state index contributed by atoms with van der Waals surface area (Å²) in [6.07, 6.45) is 2.24. The Bertz CT molecular complexity index is 159. The maximum Gasteiger partial charge on any atom is 0.305 e. The Balaban J connectivity index is 0. The van der Waals surface area contributed by atoms with Crippen molar-refractivity contribution in [2.45, 2.75) is 73.0 Å². The topological polar surface area (TPSA) is 46.5 Å². The van der Waals surface area contributed by atoms with E-state index in [4.69, 9.17) is 9.84 Å². The van der Waals surface area contributed by atoms with Crippen molar-refractivity contribution in [3.63, 3.8) is 0 Å². The molecule has 1 heterocycles. The maximum absolute atomic E-state index is 10.4. The zero-order chi connectivity index (χ0) is 13.1. The van der Waals surface area contributed by atoms with E-state index in [1.807, 2.05) is 34.6 Å². The van der Waals surface area contributed by atoms with E-state index in [1.165, 1.54) is 0 Å². The van der Waals surface area contributed by atoms with E-state index in [-0.39, 0.29) is 18.6 Å². The van der Waals surface area contributed by atoms with Crippen molar-refractivity contribution in [3.8, 4) is 0 Å². The van der Waals surface area contributed by atoms with Gasteiger partial charge in [-0.2, -0.15) is 0 Å². The summed E-state index contributed by atoms with van der Waals surface area (Å²) in [6.45, 7) is 12.2. The molecule has 1 fully saturated rings. The maximum atomic E-state index is 10.4. The smallest absolute Gasteiger partial charge is 0.305 e. The first-order chi connectivity index (χ1) is 7.58. The molecule has 16 heavy (non-hydrogen) atoms. The molecule has 0 radical (unpaired) electrons. The average molecular weight is 232 g/mol. The standard InChI is InChI=1S/C9H16O3.2C2H6/c1-6-3-7(2)12-8(4-6)5-9(10)11;2*1-2/h6-8H,3-5H2,1-2H3,(H,10,11);2*1-2H3/t6-,7+,8+;;/m1../s1. The van der Waals surface area contributed by atoms with Crippen LogP contribution in [-0.2, 0) is 9.53 Å². The number of carboxylic acid groups (broad SMARTS) is 1. The van der Waals surface area contributed by atoms with Crippen molar-refractivity contribution < 1.29 is 14.6 Å². The normalized spacial score (nSPS) is 28.0. The summed E-state index contributed by atoms with van der Waals surface area (Å²) in [5.41, 5.74) is 0. The Morgan fingerprint density at radius 1 is 1.19 bits per heavy atom. The van der Waals surface area contributed by atoms with Gasteiger partial charge in [0, 0.05) is 0 Å². The molecule has 0 unspecified atom stereocenters.